The van der Waals surface area contributed by atoms with Crippen LogP contribution in [0.2, 0.25) is 6.82 Å². The number of nitrogens with zero attached hydrogens (tertiary/aromatic N) is 1. The fourth-order valence-electron chi connectivity index (χ4n) is 0.443. The number of hydrogen-bond acceptors (Lipinski definition) is 6. The first kappa shape index (κ1) is 11.1. The summed E-state index contributed by atoms with van der Waals surface area (Å²) in [7, 11) is -2.71. The van der Waals surface area contributed by atoms with E-state index in [0.29, 0.717) is 0 Å². The van der Waals surface area contributed by atoms with Crippen LogP contribution in [0.1, 0.15) is 7.13 Å². The van der Waals surface area contributed by atoms with Crippen molar-refractivity contribution in [3.63, 3.8) is 0 Å². The second-order valence-corrected chi connectivity index (χ2v) is 3.77. The number of aromatic nitrogens is 1. The normalized spacial score (nSPS) is 10.9. The molecule has 6 nitrogen and oxygen atoms in total. The van der Waals surface area contributed by atoms with Gasteiger partial charge in [-0.3, -0.25) is 4.18 Å². The van der Waals surface area contributed by atoms with E-state index >= 15 is 0 Å². The van der Waals surface area contributed by atoms with Crippen molar-refractivity contribution in [3.8, 4) is 0 Å². The maximum Gasteiger partial charge on any atom is 0.264 e. The van der Waals surface area contributed by atoms with Crippen LogP contribution in [0.4, 0.5) is 0 Å². The van der Waals surface area contributed by atoms with Crippen LogP contribution >= 0.6 is 0 Å². The maximum atomic E-state index is 10.5. The Morgan fingerprint density at radius 2 is 2.36 bits per heavy atom. The molecule has 8 heteroatoms. The van der Waals surface area contributed by atoms with Crippen LogP contribution in [-0.2, 0) is 25.6 Å². The fraction of sp³-hybridized carbons (Fsp3) is 0.500. The predicted octanol–water partition coefficient (Wildman–Crippen LogP) is 0.235. The molecule has 0 N–H and O–H groups in total. The third kappa shape index (κ3) is 7.62. The summed E-state index contributed by atoms with van der Waals surface area (Å²) < 4.78 is 45.6. The topological polar surface area (TPSA) is 86.5 Å². The Balaban J connectivity index is 0.000000583. The summed E-state index contributed by atoms with van der Waals surface area (Å²) in [6.07, 6.45) is 0.882. The van der Waals surface area contributed by atoms with Crippen molar-refractivity contribution in [3.05, 3.63) is 18.0 Å². The Bertz CT molecular complexity index is 403. The summed E-state index contributed by atoms with van der Waals surface area (Å²) in [6, 6.07) is 1.28. The average Bonchev–Trinajstić information content (AvgIpc) is 2.48. The molecule has 0 fully saturated rings. The summed E-state index contributed by atoms with van der Waals surface area (Å²) in [5, 5.41) is 3.23. The van der Waals surface area contributed by atoms with Crippen LogP contribution < -0.4 is 0 Å². The van der Waals surface area contributed by atoms with E-state index in [9.17, 15) is 8.42 Å². The molecule has 0 spiro atoms. The minimum Gasteiger partial charge on any atom is -0.359 e. The van der Waals surface area contributed by atoms with Gasteiger partial charge in [-0.2, -0.15) is 8.42 Å². The van der Waals surface area contributed by atoms with Crippen molar-refractivity contribution in [2.45, 2.75) is 13.4 Å². The van der Waals surface area contributed by atoms with Gasteiger partial charge < -0.3 is 4.52 Å². The predicted molar refractivity (Wildman–Crippen MR) is 48.4 cm³/mol. The van der Waals surface area contributed by atoms with E-state index in [-0.39, 0.29) is 18.5 Å². The standard InChI is InChI=1S/C5H7NO4S.CH3BO/c1-11(7,8)9-4-5-2-3-6-10-5;1-2-3/h2-3H,4H2,1H3;1H3/i3D;. The van der Waals surface area contributed by atoms with Crippen molar-refractivity contribution < 1.29 is 23.2 Å². The van der Waals surface area contributed by atoms with E-state index in [1.807, 2.05) is 0 Å². The molecule has 0 saturated heterocycles. The molecule has 0 aromatic carbocycles. The summed E-state index contributed by atoms with van der Waals surface area (Å²) in [6.45, 7) is 1.23. The first-order valence-electron chi connectivity index (χ1n) is 4.05. The van der Waals surface area contributed by atoms with Crippen LogP contribution in [-0.4, -0.2) is 27.0 Å². The van der Waals surface area contributed by atoms with Gasteiger partial charge >= 0.3 is 18.7 Å². The molecule has 1 aromatic rings. The van der Waals surface area contributed by atoms with Gasteiger partial charge in [-0.15, -0.1) is 0 Å². The monoisotopic (exact) mass is 220 g/mol. The summed E-state index contributed by atoms with van der Waals surface area (Å²) in [4.78, 5) is 0. The molecular weight excluding hydrogens is 209 g/mol. The summed E-state index contributed by atoms with van der Waals surface area (Å²) in [5.41, 5.74) is 0. The van der Waals surface area contributed by atoms with Crippen LogP contribution in [0.5, 0.6) is 0 Å². The zero-order chi connectivity index (χ0) is 11.9. The summed E-state index contributed by atoms with van der Waals surface area (Å²) >= 11 is 0. The average molecular weight is 220 g/mol. The SMILES string of the molecule is CB=O.[2H]c1cc(COS(C)(=O)=O)on1. The van der Waals surface area contributed by atoms with Gasteiger partial charge in [0, 0.05) is 6.07 Å². The van der Waals surface area contributed by atoms with Crippen LogP contribution in [0.3, 0.4) is 0 Å². The van der Waals surface area contributed by atoms with E-state index in [0.717, 1.165) is 13.4 Å². The van der Waals surface area contributed by atoms with Gasteiger partial charge in [0.2, 0.25) is 0 Å². The molecule has 0 aliphatic heterocycles. The maximum absolute atomic E-state index is 10.5. The minimum absolute atomic E-state index is 0.0536. The molecule has 1 heterocycles. The van der Waals surface area contributed by atoms with Crippen molar-refractivity contribution >= 4 is 17.3 Å². The molecule has 0 aliphatic carbocycles. The van der Waals surface area contributed by atoms with Gasteiger partial charge in [0.1, 0.15) is 6.61 Å². The van der Waals surface area contributed by atoms with Gasteiger partial charge in [0.25, 0.3) is 10.1 Å². The second-order valence-electron chi connectivity index (χ2n) is 2.12. The Morgan fingerprint density at radius 3 is 2.71 bits per heavy atom. The molecule has 0 radical (unpaired) electrons. The number of rotatable bonds is 3. The van der Waals surface area contributed by atoms with Gasteiger partial charge in [0.15, 0.2) is 5.76 Å². The molecular formula is C6H10BNO5S. The molecule has 14 heavy (non-hydrogen) atoms. The van der Waals surface area contributed by atoms with E-state index < -0.39 is 10.1 Å². The second kappa shape index (κ2) is 6.44. The minimum atomic E-state index is -3.46. The Labute approximate surface area is 84.0 Å². The fourth-order valence-corrected chi connectivity index (χ4v) is 0.773. The molecule has 1 aromatic heterocycles. The first-order chi connectivity index (χ1) is 6.89. The van der Waals surface area contributed by atoms with Crippen molar-refractivity contribution in [2.24, 2.45) is 0 Å². The molecule has 0 amide bonds. The van der Waals surface area contributed by atoms with E-state index in [2.05, 4.69) is 13.9 Å². The zero-order valence-electron chi connectivity index (χ0n) is 8.76. The van der Waals surface area contributed by atoms with Crippen molar-refractivity contribution in [1.82, 2.24) is 5.16 Å². The van der Waals surface area contributed by atoms with Gasteiger partial charge in [-0.05, 0) is 0 Å². The van der Waals surface area contributed by atoms with Crippen molar-refractivity contribution in [1.29, 1.82) is 0 Å². The molecule has 1 rings (SSSR count). The molecule has 0 bridgehead atoms. The quantitative estimate of drug-likeness (QED) is 0.535. The third-order valence-corrected chi connectivity index (χ3v) is 1.40. The molecule has 0 atom stereocenters. The van der Waals surface area contributed by atoms with Crippen LogP contribution in [0, 0.1) is 0 Å². The zero-order valence-corrected chi connectivity index (χ0v) is 8.58. The van der Waals surface area contributed by atoms with Crippen LogP contribution in [0.25, 0.3) is 0 Å². The van der Waals surface area contributed by atoms with Gasteiger partial charge in [-0.25, -0.2) is 0 Å². The molecule has 0 saturated carbocycles. The van der Waals surface area contributed by atoms with Gasteiger partial charge in [-0.1, -0.05) is 5.16 Å². The third-order valence-electron chi connectivity index (χ3n) is 0.856. The molecule has 78 valence electrons. The van der Waals surface area contributed by atoms with E-state index in [1.165, 1.54) is 12.9 Å². The first-order valence-corrected chi connectivity index (χ1v) is 5.37. The van der Waals surface area contributed by atoms with Crippen LogP contribution in [0.15, 0.2) is 16.8 Å². The largest absolute Gasteiger partial charge is 0.359 e. The molecule has 0 aliphatic rings. The van der Waals surface area contributed by atoms with E-state index in [1.54, 1.807) is 0 Å². The molecule has 0 unspecified atom stereocenters. The Kier molecular flexibility index (Phi) is 5.09. The summed E-state index contributed by atoms with van der Waals surface area (Å²) in [5.74, 6) is 0.213. The smallest absolute Gasteiger partial charge is 0.264 e. The van der Waals surface area contributed by atoms with E-state index in [4.69, 9.17) is 6.08 Å². The Hall–Kier alpha value is -1.02. The van der Waals surface area contributed by atoms with Crippen molar-refractivity contribution in [2.75, 3.05) is 6.26 Å². The Morgan fingerprint density at radius 1 is 1.79 bits per heavy atom. The number of hydrogen-bond donors (Lipinski definition) is 0. The van der Waals surface area contributed by atoms with Gasteiger partial charge in [0.05, 0.1) is 13.8 Å².